The van der Waals surface area contributed by atoms with Gasteiger partial charge in [0, 0.05) is 0 Å². The van der Waals surface area contributed by atoms with Crippen LogP contribution in [0.15, 0.2) is 121 Å². The molecule has 4 rings (SSSR count). The Kier molecular flexibility index (Phi) is 11.0. The molecule has 0 spiro atoms. The predicted octanol–water partition coefficient (Wildman–Crippen LogP) is 7.53. The summed E-state index contributed by atoms with van der Waals surface area (Å²) in [5.41, 5.74) is 0. The SMILES string of the molecule is CCP(CCCP(c1ccccc1)c1ccccc1)CCCP(c1ccccc1)c1ccccc1. The normalized spacial score (nSPS) is 11.4. The highest BCUT2D eigenvalue weighted by Gasteiger charge is 2.16. The van der Waals surface area contributed by atoms with Crippen LogP contribution in [0, 0.1) is 0 Å². The molecule has 3 heteroatoms. The Hall–Kier alpha value is -1.83. The van der Waals surface area contributed by atoms with Crippen molar-refractivity contribution in [1.82, 2.24) is 0 Å². The topological polar surface area (TPSA) is 0 Å². The van der Waals surface area contributed by atoms with Gasteiger partial charge in [-0.15, -0.1) is 7.92 Å². The van der Waals surface area contributed by atoms with Crippen molar-refractivity contribution in [2.75, 3.05) is 30.8 Å². The highest BCUT2D eigenvalue weighted by Crippen LogP contribution is 2.42. The molecule has 35 heavy (non-hydrogen) atoms. The molecule has 0 amide bonds. The molecule has 0 aromatic heterocycles. The first-order chi connectivity index (χ1) is 17.3. The second kappa shape index (κ2) is 14.7. The summed E-state index contributed by atoms with van der Waals surface area (Å²) in [7, 11) is -0.388. The Morgan fingerprint density at radius 1 is 0.400 bits per heavy atom. The number of hydrogen-bond acceptors (Lipinski definition) is 0. The van der Waals surface area contributed by atoms with Gasteiger partial charge in [-0.3, -0.25) is 0 Å². The minimum Gasteiger partial charge on any atom is -0.107 e. The molecule has 0 N–H and O–H groups in total. The van der Waals surface area contributed by atoms with E-state index < -0.39 is 0 Å². The second-order valence-corrected chi connectivity index (χ2v) is 16.3. The molecule has 0 atom stereocenters. The zero-order chi connectivity index (χ0) is 24.1. The molecule has 180 valence electrons. The van der Waals surface area contributed by atoms with E-state index in [2.05, 4.69) is 128 Å². The van der Waals surface area contributed by atoms with E-state index in [4.69, 9.17) is 0 Å². The van der Waals surface area contributed by atoms with Crippen LogP contribution in [0.5, 0.6) is 0 Å². The first kappa shape index (κ1) is 26.2. The highest BCUT2D eigenvalue weighted by atomic mass is 31.1. The van der Waals surface area contributed by atoms with Gasteiger partial charge in [0.1, 0.15) is 0 Å². The van der Waals surface area contributed by atoms with E-state index in [-0.39, 0.29) is 23.8 Å². The van der Waals surface area contributed by atoms with Gasteiger partial charge in [-0.25, -0.2) is 0 Å². The van der Waals surface area contributed by atoms with Gasteiger partial charge >= 0.3 is 0 Å². The average Bonchev–Trinajstić information content (AvgIpc) is 2.94. The third-order valence-electron chi connectivity index (χ3n) is 6.43. The summed E-state index contributed by atoms with van der Waals surface area (Å²) in [5.74, 6) is 0. The Morgan fingerprint density at radius 2 is 0.686 bits per heavy atom. The third-order valence-corrected chi connectivity index (χ3v) is 14.4. The predicted molar refractivity (Wildman–Crippen MR) is 164 cm³/mol. The maximum atomic E-state index is 2.42. The smallest absolute Gasteiger partial charge is 0.0195 e. The molecule has 0 saturated carbocycles. The minimum absolute atomic E-state index is 0.125. The molecule has 0 aliphatic carbocycles. The van der Waals surface area contributed by atoms with Crippen LogP contribution in [-0.4, -0.2) is 30.8 Å². The zero-order valence-corrected chi connectivity index (χ0v) is 23.5. The van der Waals surface area contributed by atoms with Gasteiger partial charge in [0.15, 0.2) is 0 Å². The van der Waals surface area contributed by atoms with E-state index in [9.17, 15) is 0 Å². The van der Waals surface area contributed by atoms with Gasteiger partial charge in [-0.1, -0.05) is 128 Å². The molecule has 0 unspecified atom stereocenters. The highest BCUT2D eigenvalue weighted by molar-refractivity contribution is 7.73. The van der Waals surface area contributed by atoms with Crippen LogP contribution in [0.2, 0.25) is 0 Å². The largest absolute Gasteiger partial charge is 0.107 e. The van der Waals surface area contributed by atoms with Crippen LogP contribution in [-0.2, 0) is 0 Å². The van der Waals surface area contributed by atoms with Crippen LogP contribution in [0.4, 0.5) is 0 Å². The van der Waals surface area contributed by atoms with E-state index in [1.54, 1.807) is 0 Å². The Balaban J connectivity index is 1.33. The lowest BCUT2D eigenvalue weighted by Crippen LogP contribution is -2.15. The standard InChI is InChI=1S/C32H37P3/c1-2-33(25-15-27-34(29-17-7-3-8-18-29)30-19-9-4-10-20-30)26-16-28-35(31-21-11-5-12-22-31)32-23-13-6-14-24-32/h3-14,17-24H,2,15-16,25-28H2,1H3. The van der Waals surface area contributed by atoms with Gasteiger partial charge in [-0.05, 0) is 80.7 Å². The Morgan fingerprint density at radius 3 is 0.943 bits per heavy atom. The van der Waals surface area contributed by atoms with Gasteiger partial charge in [-0.2, -0.15) is 0 Å². The van der Waals surface area contributed by atoms with Crippen LogP contribution in [0.1, 0.15) is 19.8 Å². The fraction of sp³-hybridized carbons (Fsp3) is 0.250. The molecule has 0 radical (unpaired) electrons. The lowest BCUT2D eigenvalue weighted by atomic mass is 10.4. The first-order valence-corrected chi connectivity index (χ1v) is 17.8. The van der Waals surface area contributed by atoms with Crippen molar-refractivity contribution in [2.45, 2.75) is 19.8 Å². The quantitative estimate of drug-likeness (QED) is 0.162. The first-order valence-electron chi connectivity index (χ1n) is 12.8. The van der Waals surface area contributed by atoms with Crippen LogP contribution in [0.25, 0.3) is 0 Å². The van der Waals surface area contributed by atoms with Crippen molar-refractivity contribution in [3.8, 4) is 0 Å². The fourth-order valence-electron chi connectivity index (χ4n) is 4.58. The van der Waals surface area contributed by atoms with Gasteiger partial charge < -0.3 is 0 Å². The van der Waals surface area contributed by atoms with E-state index in [1.165, 1.54) is 64.9 Å². The minimum atomic E-state index is -0.257. The Labute approximate surface area is 216 Å². The molecule has 4 aromatic carbocycles. The number of benzene rings is 4. The second-order valence-electron chi connectivity index (χ2n) is 8.79. The van der Waals surface area contributed by atoms with Crippen molar-refractivity contribution < 1.29 is 0 Å². The van der Waals surface area contributed by atoms with Crippen molar-refractivity contribution in [3.05, 3.63) is 121 Å². The van der Waals surface area contributed by atoms with Crippen molar-refractivity contribution in [1.29, 1.82) is 0 Å². The Bertz CT molecular complexity index is 917. The summed E-state index contributed by atoms with van der Waals surface area (Å²) in [6.07, 6.45) is 9.50. The van der Waals surface area contributed by atoms with Gasteiger partial charge in [0.2, 0.25) is 0 Å². The lowest BCUT2D eigenvalue weighted by Gasteiger charge is -2.22. The maximum Gasteiger partial charge on any atom is -0.0195 e. The number of rotatable bonds is 13. The third kappa shape index (κ3) is 8.09. The fourth-order valence-corrected chi connectivity index (χ4v) is 11.9. The summed E-state index contributed by atoms with van der Waals surface area (Å²) >= 11 is 0. The van der Waals surface area contributed by atoms with E-state index in [1.807, 2.05) is 0 Å². The summed E-state index contributed by atoms with van der Waals surface area (Å²) < 4.78 is 0. The molecular weight excluding hydrogens is 477 g/mol. The molecule has 0 fully saturated rings. The molecule has 0 bridgehead atoms. The summed E-state index contributed by atoms with van der Waals surface area (Å²) in [5, 5.41) is 6.08. The average molecular weight is 515 g/mol. The van der Waals surface area contributed by atoms with Gasteiger partial charge in [0.25, 0.3) is 0 Å². The van der Waals surface area contributed by atoms with Crippen molar-refractivity contribution in [3.63, 3.8) is 0 Å². The van der Waals surface area contributed by atoms with E-state index in [0.717, 1.165) is 0 Å². The summed E-state index contributed by atoms with van der Waals surface area (Å²) in [6.45, 7) is 2.42. The molecule has 4 aromatic rings. The molecule has 0 heterocycles. The lowest BCUT2D eigenvalue weighted by molar-refractivity contribution is 1.06. The van der Waals surface area contributed by atoms with Crippen LogP contribution in [0.3, 0.4) is 0 Å². The summed E-state index contributed by atoms with van der Waals surface area (Å²) in [6, 6.07) is 44.8. The maximum absolute atomic E-state index is 2.42. The zero-order valence-electron chi connectivity index (χ0n) is 20.8. The van der Waals surface area contributed by atoms with Crippen LogP contribution >= 0.6 is 23.8 Å². The van der Waals surface area contributed by atoms with Crippen molar-refractivity contribution in [2.24, 2.45) is 0 Å². The molecular formula is C32H37P3. The van der Waals surface area contributed by atoms with Crippen LogP contribution < -0.4 is 21.2 Å². The summed E-state index contributed by atoms with van der Waals surface area (Å²) in [4.78, 5) is 0. The van der Waals surface area contributed by atoms with Gasteiger partial charge in [0.05, 0.1) is 0 Å². The number of hydrogen-bond donors (Lipinski definition) is 0. The monoisotopic (exact) mass is 514 g/mol. The molecule has 0 aliphatic rings. The van der Waals surface area contributed by atoms with E-state index in [0.29, 0.717) is 0 Å². The van der Waals surface area contributed by atoms with E-state index >= 15 is 0 Å². The molecule has 0 aliphatic heterocycles. The molecule has 0 nitrogen and oxygen atoms in total. The van der Waals surface area contributed by atoms with Crippen molar-refractivity contribution >= 4 is 45.0 Å². The molecule has 0 saturated heterocycles.